The first-order valence-corrected chi connectivity index (χ1v) is 7.82. The summed E-state index contributed by atoms with van der Waals surface area (Å²) >= 11 is 0. The monoisotopic (exact) mass is 309 g/mol. The number of hydrogen-bond donors (Lipinski definition) is 0. The first-order chi connectivity index (χ1) is 11.8. The normalized spacial score (nSPS) is 10.7. The molecule has 0 spiro atoms. The average Bonchev–Trinajstić information content (AvgIpc) is 3.02. The molecule has 0 N–H and O–H groups in total. The highest BCUT2D eigenvalue weighted by Crippen LogP contribution is 2.27. The Morgan fingerprint density at radius 3 is 2.17 bits per heavy atom. The molecule has 114 valence electrons. The first kappa shape index (κ1) is 14.2. The summed E-state index contributed by atoms with van der Waals surface area (Å²) in [5.74, 6) is 0. The van der Waals surface area contributed by atoms with Crippen LogP contribution in [-0.2, 0) is 0 Å². The van der Waals surface area contributed by atoms with Gasteiger partial charge < -0.3 is 0 Å². The molecule has 0 amide bonds. The fourth-order valence-electron chi connectivity index (χ4n) is 3.01. The maximum atomic E-state index is 9.61. The third kappa shape index (κ3) is 2.26. The lowest BCUT2D eigenvalue weighted by Crippen LogP contribution is -1.93. The van der Waals surface area contributed by atoms with E-state index in [9.17, 15) is 5.26 Å². The van der Waals surface area contributed by atoms with Crippen LogP contribution in [0.3, 0.4) is 0 Å². The van der Waals surface area contributed by atoms with E-state index in [4.69, 9.17) is 0 Å². The summed E-state index contributed by atoms with van der Waals surface area (Å²) in [5, 5.41) is 9.61. The van der Waals surface area contributed by atoms with Crippen LogP contribution in [0.1, 0.15) is 11.4 Å². The molecule has 0 saturated heterocycles. The van der Waals surface area contributed by atoms with Crippen LogP contribution in [0.15, 0.2) is 72.8 Å². The molecule has 4 aromatic rings. The molecule has 2 heterocycles. The standard InChI is InChI=1S/C21H15N3/c1-15-6-5-9-20-23-21(19(14-22)24(15)20)18-12-10-17(11-13-18)16-7-3-2-4-8-16/h2-13H,1H3. The van der Waals surface area contributed by atoms with Crippen LogP contribution >= 0.6 is 0 Å². The van der Waals surface area contributed by atoms with Gasteiger partial charge in [0.2, 0.25) is 0 Å². The number of benzene rings is 2. The fraction of sp³-hybridized carbons (Fsp3) is 0.0476. The number of aromatic nitrogens is 2. The molecule has 0 aliphatic carbocycles. The van der Waals surface area contributed by atoms with Crippen molar-refractivity contribution in [3.63, 3.8) is 0 Å². The van der Waals surface area contributed by atoms with Gasteiger partial charge in [0.15, 0.2) is 5.69 Å². The third-order valence-electron chi connectivity index (χ3n) is 4.21. The summed E-state index contributed by atoms with van der Waals surface area (Å²) in [7, 11) is 0. The van der Waals surface area contributed by atoms with E-state index >= 15 is 0 Å². The smallest absolute Gasteiger partial charge is 0.152 e. The van der Waals surface area contributed by atoms with E-state index in [0.717, 1.165) is 28.2 Å². The minimum atomic E-state index is 0.579. The van der Waals surface area contributed by atoms with Crippen LogP contribution in [0, 0.1) is 18.3 Å². The Labute approximate surface area is 140 Å². The molecule has 3 heteroatoms. The molecular formula is C21H15N3. The average molecular weight is 309 g/mol. The van der Waals surface area contributed by atoms with Gasteiger partial charge in [-0.3, -0.25) is 4.40 Å². The van der Waals surface area contributed by atoms with Crippen molar-refractivity contribution in [2.75, 3.05) is 0 Å². The Morgan fingerprint density at radius 1 is 0.792 bits per heavy atom. The second kappa shape index (κ2) is 5.68. The maximum absolute atomic E-state index is 9.61. The van der Waals surface area contributed by atoms with Gasteiger partial charge in [0.25, 0.3) is 0 Å². The number of nitrogens with zero attached hydrogens (tertiary/aromatic N) is 3. The highest BCUT2D eigenvalue weighted by molar-refractivity contribution is 5.73. The highest BCUT2D eigenvalue weighted by atomic mass is 15.0. The zero-order chi connectivity index (χ0) is 16.5. The van der Waals surface area contributed by atoms with Crippen molar-refractivity contribution < 1.29 is 0 Å². The Bertz CT molecular complexity index is 1050. The van der Waals surface area contributed by atoms with Gasteiger partial charge in [0.1, 0.15) is 17.4 Å². The number of fused-ring (bicyclic) bond motifs is 1. The molecule has 24 heavy (non-hydrogen) atoms. The van der Waals surface area contributed by atoms with E-state index in [1.165, 1.54) is 5.56 Å². The zero-order valence-corrected chi connectivity index (χ0v) is 13.3. The largest absolute Gasteiger partial charge is 0.288 e. The number of rotatable bonds is 2. The van der Waals surface area contributed by atoms with Gasteiger partial charge >= 0.3 is 0 Å². The van der Waals surface area contributed by atoms with E-state index in [1.54, 1.807) is 0 Å². The van der Waals surface area contributed by atoms with Crippen LogP contribution < -0.4 is 0 Å². The van der Waals surface area contributed by atoms with E-state index in [-0.39, 0.29) is 0 Å². The van der Waals surface area contributed by atoms with E-state index in [2.05, 4.69) is 35.3 Å². The molecule has 0 atom stereocenters. The van der Waals surface area contributed by atoms with Gasteiger partial charge in [-0.1, -0.05) is 60.7 Å². The quantitative estimate of drug-likeness (QED) is 0.531. The minimum Gasteiger partial charge on any atom is -0.288 e. The number of nitriles is 1. The second-order valence-corrected chi connectivity index (χ2v) is 5.72. The van der Waals surface area contributed by atoms with Crippen molar-refractivity contribution in [2.45, 2.75) is 6.92 Å². The summed E-state index contributed by atoms with van der Waals surface area (Å²) in [6.07, 6.45) is 0. The summed E-state index contributed by atoms with van der Waals surface area (Å²) in [5.41, 5.74) is 6.39. The SMILES string of the molecule is Cc1cccc2nc(-c3ccc(-c4ccccc4)cc3)c(C#N)n12. The number of pyridine rings is 1. The van der Waals surface area contributed by atoms with E-state index < -0.39 is 0 Å². The molecule has 2 aromatic carbocycles. The van der Waals surface area contributed by atoms with Crippen LogP contribution in [0.25, 0.3) is 28.0 Å². The summed E-state index contributed by atoms with van der Waals surface area (Å²) in [6.45, 7) is 1.98. The molecule has 0 saturated carbocycles. The van der Waals surface area contributed by atoms with Crippen molar-refractivity contribution >= 4 is 5.65 Å². The van der Waals surface area contributed by atoms with Crippen molar-refractivity contribution in [1.29, 1.82) is 5.26 Å². The molecule has 0 radical (unpaired) electrons. The number of hydrogen-bond acceptors (Lipinski definition) is 2. The van der Waals surface area contributed by atoms with Crippen LogP contribution in [0.4, 0.5) is 0 Å². The lowest BCUT2D eigenvalue weighted by Gasteiger charge is -2.03. The first-order valence-electron chi connectivity index (χ1n) is 7.82. The summed E-state index contributed by atoms with van der Waals surface area (Å²) in [4.78, 5) is 4.66. The van der Waals surface area contributed by atoms with Crippen molar-refractivity contribution in [3.05, 3.63) is 84.2 Å². The molecule has 3 nitrogen and oxygen atoms in total. The lowest BCUT2D eigenvalue weighted by atomic mass is 10.0. The zero-order valence-electron chi connectivity index (χ0n) is 13.3. The van der Waals surface area contributed by atoms with Gasteiger partial charge in [-0.15, -0.1) is 0 Å². The molecule has 0 unspecified atom stereocenters. The molecule has 0 aliphatic heterocycles. The predicted octanol–water partition coefficient (Wildman–Crippen LogP) is 4.85. The predicted molar refractivity (Wildman–Crippen MR) is 95.5 cm³/mol. The Balaban J connectivity index is 1.84. The fourth-order valence-corrected chi connectivity index (χ4v) is 3.01. The molecular weight excluding hydrogens is 294 g/mol. The Hall–Kier alpha value is -3.38. The third-order valence-corrected chi connectivity index (χ3v) is 4.21. The Morgan fingerprint density at radius 2 is 1.46 bits per heavy atom. The summed E-state index contributed by atoms with van der Waals surface area (Å²) < 4.78 is 1.90. The van der Waals surface area contributed by atoms with Gasteiger partial charge in [0, 0.05) is 11.3 Å². The van der Waals surface area contributed by atoms with Gasteiger partial charge in [0.05, 0.1) is 0 Å². The molecule has 2 aromatic heterocycles. The van der Waals surface area contributed by atoms with Gasteiger partial charge in [-0.05, 0) is 30.2 Å². The van der Waals surface area contributed by atoms with E-state index in [1.807, 2.05) is 59.9 Å². The van der Waals surface area contributed by atoms with Crippen molar-refractivity contribution in [2.24, 2.45) is 0 Å². The number of imidazole rings is 1. The molecule has 0 bridgehead atoms. The topological polar surface area (TPSA) is 41.1 Å². The number of aryl methyl sites for hydroxylation is 1. The maximum Gasteiger partial charge on any atom is 0.152 e. The molecule has 0 fully saturated rings. The highest BCUT2D eigenvalue weighted by Gasteiger charge is 2.14. The van der Waals surface area contributed by atoms with Gasteiger partial charge in [-0.2, -0.15) is 5.26 Å². The minimum absolute atomic E-state index is 0.579. The van der Waals surface area contributed by atoms with Crippen LogP contribution in [0.2, 0.25) is 0 Å². The van der Waals surface area contributed by atoms with Crippen LogP contribution in [0.5, 0.6) is 0 Å². The second-order valence-electron chi connectivity index (χ2n) is 5.72. The van der Waals surface area contributed by atoms with Gasteiger partial charge in [-0.25, -0.2) is 4.98 Å². The van der Waals surface area contributed by atoms with Crippen molar-refractivity contribution in [3.8, 4) is 28.5 Å². The summed E-state index contributed by atoms with van der Waals surface area (Å²) in [6, 6.07) is 26.6. The van der Waals surface area contributed by atoms with Crippen molar-refractivity contribution in [1.82, 2.24) is 9.38 Å². The molecule has 4 rings (SSSR count). The Kier molecular flexibility index (Phi) is 3.36. The van der Waals surface area contributed by atoms with Crippen LogP contribution in [-0.4, -0.2) is 9.38 Å². The molecule has 0 aliphatic rings. The lowest BCUT2D eigenvalue weighted by molar-refractivity contribution is 1.07. The van der Waals surface area contributed by atoms with E-state index in [0.29, 0.717) is 5.69 Å².